The van der Waals surface area contributed by atoms with E-state index in [1.165, 1.54) is 6.07 Å². The third kappa shape index (κ3) is 5.97. The van der Waals surface area contributed by atoms with Crippen LogP contribution in [0.15, 0.2) is 60.7 Å². The maximum absolute atomic E-state index is 14.8. The van der Waals surface area contributed by atoms with Crippen molar-refractivity contribution in [3.05, 3.63) is 83.2 Å². The lowest BCUT2D eigenvalue weighted by Gasteiger charge is -2.24. The van der Waals surface area contributed by atoms with Crippen LogP contribution in [0.1, 0.15) is 50.8 Å². The monoisotopic (exact) mass is 434 g/mol. The minimum atomic E-state index is -0.282. The number of Topliss-reactive ketones (excluding diaryl/α,β-unsaturated/α-hetero) is 1. The summed E-state index contributed by atoms with van der Waals surface area (Å²) >= 11 is 0. The number of carbonyl (C=O) groups excluding carboxylic acids is 1. The first kappa shape index (κ1) is 23.5. The van der Waals surface area contributed by atoms with Crippen molar-refractivity contribution >= 4 is 5.78 Å². The van der Waals surface area contributed by atoms with E-state index in [0.717, 1.165) is 34.4 Å². The number of aryl methyl sites for hydroxylation is 1. The molecule has 0 bridgehead atoms. The van der Waals surface area contributed by atoms with Crippen LogP contribution < -0.4 is 9.47 Å². The van der Waals surface area contributed by atoms with E-state index in [9.17, 15) is 9.18 Å². The Morgan fingerprint density at radius 1 is 0.875 bits per heavy atom. The lowest BCUT2D eigenvalue weighted by atomic mass is 9.81. The summed E-state index contributed by atoms with van der Waals surface area (Å²) in [5, 5.41) is 0. The van der Waals surface area contributed by atoms with E-state index < -0.39 is 0 Å². The molecule has 0 amide bonds. The maximum Gasteiger partial charge on any atom is 0.131 e. The van der Waals surface area contributed by atoms with Crippen LogP contribution in [0.5, 0.6) is 11.5 Å². The number of carbonyl (C=O) groups is 1. The fourth-order valence-electron chi connectivity index (χ4n) is 3.64. The van der Waals surface area contributed by atoms with E-state index in [1.807, 2.05) is 36.4 Å². The number of ether oxygens (including phenoxy) is 2. The Hall–Kier alpha value is -3.14. The van der Waals surface area contributed by atoms with Gasteiger partial charge in [-0.3, -0.25) is 0 Å². The molecule has 0 fully saturated rings. The average molecular weight is 435 g/mol. The van der Waals surface area contributed by atoms with Gasteiger partial charge in [0.15, 0.2) is 0 Å². The minimum absolute atomic E-state index is 0.153. The normalized spacial score (nSPS) is 11.3. The molecule has 0 radical (unpaired) electrons. The van der Waals surface area contributed by atoms with Crippen LogP contribution in [-0.2, 0) is 23.2 Å². The fourth-order valence-corrected chi connectivity index (χ4v) is 3.64. The molecule has 0 saturated carbocycles. The molecule has 4 heteroatoms. The highest BCUT2D eigenvalue weighted by atomic mass is 19.1. The Morgan fingerprint density at radius 3 is 2.16 bits per heavy atom. The molecular formula is C28H31FO3. The summed E-state index contributed by atoms with van der Waals surface area (Å²) in [6, 6.07) is 18.7. The largest absolute Gasteiger partial charge is 0.497 e. The number of halogens is 1. The highest BCUT2D eigenvalue weighted by molar-refractivity contribution is 5.75. The molecule has 0 unspecified atom stereocenters. The number of benzene rings is 3. The van der Waals surface area contributed by atoms with Gasteiger partial charge in [-0.15, -0.1) is 0 Å². The molecule has 0 N–H and O–H groups in total. The Labute approximate surface area is 190 Å². The van der Waals surface area contributed by atoms with Crippen LogP contribution in [-0.4, -0.2) is 12.9 Å². The van der Waals surface area contributed by atoms with Gasteiger partial charge in [0.1, 0.15) is 29.7 Å². The highest BCUT2D eigenvalue weighted by Gasteiger charge is 2.21. The van der Waals surface area contributed by atoms with E-state index in [-0.39, 0.29) is 17.0 Å². The summed E-state index contributed by atoms with van der Waals surface area (Å²) in [4.78, 5) is 11.2. The van der Waals surface area contributed by atoms with Crippen molar-refractivity contribution in [2.24, 2.45) is 0 Å². The van der Waals surface area contributed by atoms with Gasteiger partial charge in [-0.25, -0.2) is 4.39 Å². The van der Waals surface area contributed by atoms with E-state index in [1.54, 1.807) is 26.2 Å². The van der Waals surface area contributed by atoms with Crippen molar-refractivity contribution in [2.75, 3.05) is 7.11 Å². The number of rotatable bonds is 8. The lowest BCUT2D eigenvalue weighted by Crippen LogP contribution is -2.13. The first-order valence-electron chi connectivity index (χ1n) is 10.9. The van der Waals surface area contributed by atoms with Gasteiger partial charge < -0.3 is 14.3 Å². The van der Waals surface area contributed by atoms with E-state index in [4.69, 9.17) is 9.47 Å². The van der Waals surface area contributed by atoms with E-state index in [2.05, 4.69) is 26.8 Å². The topological polar surface area (TPSA) is 35.5 Å². The second kappa shape index (κ2) is 9.99. The van der Waals surface area contributed by atoms with E-state index >= 15 is 0 Å². The summed E-state index contributed by atoms with van der Waals surface area (Å²) in [6.45, 7) is 8.33. The van der Waals surface area contributed by atoms with Crippen molar-refractivity contribution in [1.82, 2.24) is 0 Å². The van der Waals surface area contributed by atoms with E-state index in [0.29, 0.717) is 24.3 Å². The van der Waals surface area contributed by atoms with Gasteiger partial charge in [0.05, 0.1) is 7.11 Å². The smallest absolute Gasteiger partial charge is 0.131 e. The molecule has 0 atom stereocenters. The summed E-state index contributed by atoms with van der Waals surface area (Å²) in [5.41, 5.74) is 4.33. The molecule has 32 heavy (non-hydrogen) atoms. The molecule has 0 aliphatic rings. The molecule has 0 aliphatic carbocycles. The molecule has 0 saturated heterocycles. The Bertz CT molecular complexity index is 1080. The molecule has 0 spiro atoms. The number of ketones is 1. The van der Waals surface area contributed by atoms with Crippen LogP contribution in [0.3, 0.4) is 0 Å². The lowest BCUT2D eigenvalue weighted by molar-refractivity contribution is -0.116. The van der Waals surface area contributed by atoms with Gasteiger partial charge >= 0.3 is 0 Å². The van der Waals surface area contributed by atoms with Gasteiger partial charge in [-0.1, -0.05) is 45.0 Å². The molecule has 3 nitrogen and oxygen atoms in total. The summed E-state index contributed by atoms with van der Waals surface area (Å²) in [7, 11) is 1.58. The van der Waals surface area contributed by atoms with Crippen molar-refractivity contribution in [3.8, 4) is 22.6 Å². The summed E-state index contributed by atoms with van der Waals surface area (Å²) in [5.74, 6) is 1.28. The van der Waals surface area contributed by atoms with Crippen LogP contribution in [0, 0.1) is 5.82 Å². The molecule has 3 aromatic rings. The van der Waals surface area contributed by atoms with Gasteiger partial charge in [0.2, 0.25) is 0 Å². The number of methoxy groups -OCH3 is 1. The van der Waals surface area contributed by atoms with Gasteiger partial charge in [0.25, 0.3) is 0 Å². The molecule has 0 heterocycles. The first-order chi connectivity index (χ1) is 15.2. The molecule has 3 rings (SSSR count). The molecule has 0 aromatic heterocycles. The van der Waals surface area contributed by atoms with Crippen LogP contribution >= 0.6 is 0 Å². The quantitative estimate of drug-likeness (QED) is 0.387. The van der Waals surface area contributed by atoms with Crippen LogP contribution in [0.4, 0.5) is 4.39 Å². The van der Waals surface area contributed by atoms with Crippen LogP contribution in [0.2, 0.25) is 0 Å². The first-order valence-corrected chi connectivity index (χ1v) is 10.9. The fraction of sp³-hybridized carbons (Fsp3) is 0.321. The number of hydrogen-bond acceptors (Lipinski definition) is 3. The SMILES string of the molecule is COc1ccc(F)c(-c2cc(COc3ccc(CCC(C)=O)cc3)ccc2C(C)(C)C)c1. The Balaban J connectivity index is 1.84. The Kier molecular flexibility index (Phi) is 7.34. The third-order valence-electron chi connectivity index (χ3n) is 5.45. The van der Waals surface area contributed by atoms with Crippen LogP contribution in [0.25, 0.3) is 11.1 Å². The minimum Gasteiger partial charge on any atom is -0.497 e. The third-order valence-corrected chi connectivity index (χ3v) is 5.45. The summed E-state index contributed by atoms with van der Waals surface area (Å²) in [6.07, 6.45) is 1.28. The molecule has 3 aromatic carbocycles. The zero-order valence-electron chi connectivity index (χ0n) is 19.5. The zero-order chi connectivity index (χ0) is 23.3. The standard InChI is InChI=1S/C28H31FO3/c1-19(30)6-7-20-8-11-22(12-9-20)32-18-21-10-14-26(28(2,3)4)24(16-21)25-17-23(31-5)13-15-27(25)29/h8-17H,6-7,18H2,1-5H3. The zero-order valence-corrected chi connectivity index (χ0v) is 19.5. The maximum atomic E-state index is 14.8. The second-order valence-electron chi connectivity index (χ2n) is 9.11. The number of hydrogen-bond donors (Lipinski definition) is 0. The summed E-state index contributed by atoms with van der Waals surface area (Å²) < 4.78 is 26.1. The average Bonchev–Trinajstić information content (AvgIpc) is 2.76. The van der Waals surface area contributed by atoms with Crippen molar-refractivity contribution in [2.45, 2.75) is 52.6 Å². The second-order valence-corrected chi connectivity index (χ2v) is 9.11. The van der Waals surface area contributed by atoms with Gasteiger partial charge in [0, 0.05) is 12.0 Å². The predicted octanol–water partition coefficient (Wildman–Crippen LogP) is 6.90. The molecular weight excluding hydrogens is 403 g/mol. The highest BCUT2D eigenvalue weighted by Crippen LogP contribution is 2.36. The van der Waals surface area contributed by atoms with Crippen molar-refractivity contribution in [3.63, 3.8) is 0 Å². The van der Waals surface area contributed by atoms with Crippen molar-refractivity contribution in [1.29, 1.82) is 0 Å². The molecule has 168 valence electrons. The predicted molar refractivity (Wildman–Crippen MR) is 127 cm³/mol. The van der Waals surface area contributed by atoms with Gasteiger partial charge in [-0.05, 0) is 77.4 Å². The van der Waals surface area contributed by atoms with Crippen molar-refractivity contribution < 1.29 is 18.7 Å². The Morgan fingerprint density at radius 2 is 1.53 bits per heavy atom. The molecule has 0 aliphatic heterocycles. The van der Waals surface area contributed by atoms with Gasteiger partial charge in [-0.2, -0.15) is 0 Å².